The van der Waals surface area contributed by atoms with Gasteiger partial charge in [0.05, 0.1) is 17.8 Å². The number of aromatic nitrogens is 2. The third-order valence-corrected chi connectivity index (χ3v) is 3.32. The Morgan fingerprint density at radius 2 is 2.11 bits per heavy atom. The van der Waals surface area contributed by atoms with Crippen LogP contribution in [0.1, 0.15) is 27.4 Å². The van der Waals surface area contributed by atoms with Crippen LogP contribution >= 0.6 is 15.9 Å². The molecule has 0 spiro atoms. The van der Waals surface area contributed by atoms with Gasteiger partial charge in [0.1, 0.15) is 5.82 Å². The van der Waals surface area contributed by atoms with Crippen LogP contribution in [0.2, 0.25) is 0 Å². The van der Waals surface area contributed by atoms with Gasteiger partial charge in [-0.05, 0) is 48.0 Å². The SMILES string of the molecule is Cc1ccc(Br)c(C(=O)NCc2ccnc(C)n2)c1. The molecule has 4 nitrogen and oxygen atoms in total. The minimum Gasteiger partial charge on any atom is -0.346 e. The molecule has 0 aliphatic carbocycles. The highest BCUT2D eigenvalue weighted by molar-refractivity contribution is 9.10. The maximum Gasteiger partial charge on any atom is 0.252 e. The Bertz CT molecular complexity index is 613. The van der Waals surface area contributed by atoms with Gasteiger partial charge in [-0.3, -0.25) is 4.79 Å². The summed E-state index contributed by atoms with van der Waals surface area (Å²) in [6.07, 6.45) is 1.69. The molecule has 1 N–H and O–H groups in total. The van der Waals surface area contributed by atoms with Crippen LogP contribution in [0.25, 0.3) is 0 Å². The lowest BCUT2D eigenvalue weighted by Crippen LogP contribution is -2.24. The van der Waals surface area contributed by atoms with Crippen molar-refractivity contribution >= 4 is 21.8 Å². The summed E-state index contributed by atoms with van der Waals surface area (Å²) in [4.78, 5) is 20.4. The molecule has 1 aromatic carbocycles. The van der Waals surface area contributed by atoms with E-state index in [2.05, 4.69) is 31.2 Å². The molecule has 2 rings (SSSR count). The van der Waals surface area contributed by atoms with Gasteiger partial charge in [-0.15, -0.1) is 0 Å². The standard InChI is InChI=1S/C14H14BrN3O/c1-9-3-4-13(15)12(7-9)14(19)17-8-11-5-6-16-10(2)18-11/h3-7H,8H2,1-2H3,(H,17,19). The van der Waals surface area contributed by atoms with Crippen LogP contribution in [0, 0.1) is 13.8 Å². The van der Waals surface area contributed by atoms with Crippen LogP contribution in [0.4, 0.5) is 0 Å². The molecule has 0 fully saturated rings. The summed E-state index contributed by atoms with van der Waals surface area (Å²) >= 11 is 3.38. The first-order valence-corrected chi connectivity index (χ1v) is 6.68. The third-order valence-electron chi connectivity index (χ3n) is 2.63. The molecular formula is C14H14BrN3O. The van der Waals surface area contributed by atoms with Crippen LogP contribution in [-0.2, 0) is 6.54 Å². The van der Waals surface area contributed by atoms with Crippen LogP contribution in [0.3, 0.4) is 0 Å². The van der Waals surface area contributed by atoms with Crippen LogP contribution in [0.15, 0.2) is 34.9 Å². The summed E-state index contributed by atoms with van der Waals surface area (Å²) < 4.78 is 0.787. The van der Waals surface area contributed by atoms with Crippen molar-refractivity contribution in [3.63, 3.8) is 0 Å². The van der Waals surface area contributed by atoms with Gasteiger partial charge in [0.15, 0.2) is 0 Å². The van der Waals surface area contributed by atoms with E-state index in [1.54, 1.807) is 12.3 Å². The number of aryl methyl sites for hydroxylation is 2. The Morgan fingerprint density at radius 1 is 1.32 bits per heavy atom. The Balaban J connectivity index is 2.07. The molecule has 0 radical (unpaired) electrons. The van der Waals surface area contributed by atoms with Crippen molar-refractivity contribution in [2.45, 2.75) is 20.4 Å². The second kappa shape index (κ2) is 5.93. The fourth-order valence-corrected chi connectivity index (χ4v) is 2.11. The summed E-state index contributed by atoms with van der Waals surface area (Å²) in [6, 6.07) is 7.47. The largest absolute Gasteiger partial charge is 0.346 e. The maximum absolute atomic E-state index is 12.1. The fraction of sp³-hybridized carbons (Fsp3) is 0.214. The van der Waals surface area contributed by atoms with Crippen molar-refractivity contribution in [2.24, 2.45) is 0 Å². The van der Waals surface area contributed by atoms with Crippen LogP contribution in [-0.4, -0.2) is 15.9 Å². The number of amides is 1. The number of carbonyl (C=O) groups is 1. The van der Waals surface area contributed by atoms with Crippen molar-refractivity contribution < 1.29 is 4.79 Å². The molecule has 0 saturated carbocycles. The van der Waals surface area contributed by atoms with E-state index >= 15 is 0 Å². The van der Waals surface area contributed by atoms with E-state index in [0.717, 1.165) is 15.7 Å². The first-order chi connectivity index (χ1) is 9.06. The molecule has 0 saturated heterocycles. The Kier molecular flexibility index (Phi) is 4.27. The highest BCUT2D eigenvalue weighted by Gasteiger charge is 2.10. The van der Waals surface area contributed by atoms with E-state index < -0.39 is 0 Å². The lowest BCUT2D eigenvalue weighted by Gasteiger charge is -2.07. The molecule has 0 atom stereocenters. The Hall–Kier alpha value is -1.75. The van der Waals surface area contributed by atoms with Crippen LogP contribution < -0.4 is 5.32 Å². The van der Waals surface area contributed by atoms with Crippen LogP contribution in [0.5, 0.6) is 0 Å². The Morgan fingerprint density at radius 3 is 2.84 bits per heavy atom. The summed E-state index contributed by atoms with van der Waals surface area (Å²) in [5, 5.41) is 2.85. The van der Waals surface area contributed by atoms with Gasteiger partial charge in [-0.25, -0.2) is 9.97 Å². The molecule has 0 aliphatic rings. The average Bonchev–Trinajstić information content (AvgIpc) is 2.39. The van der Waals surface area contributed by atoms with Crippen molar-refractivity contribution in [3.05, 3.63) is 57.6 Å². The number of carbonyl (C=O) groups excluding carboxylic acids is 1. The van der Waals surface area contributed by atoms with E-state index in [0.29, 0.717) is 17.9 Å². The van der Waals surface area contributed by atoms with Gasteiger partial charge < -0.3 is 5.32 Å². The number of benzene rings is 1. The van der Waals surface area contributed by atoms with Gasteiger partial charge in [0.2, 0.25) is 0 Å². The quantitative estimate of drug-likeness (QED) is 0.946. The molecule has 1 aromatic heterocycles. The smallest absolute Gasteiger partial charge is 0.252 e. The van der Waals surface area contributed by atoms with E-state index in [1.165, 1.54) is 0 Å². The molecule has 98 valence electrons. The maximum atomic E-state index is 12.1. The number of nitrogens with one attached hydrogen (secondary N) is 1. The molecule has 0 bridgehead atoms. The monoisotopic (exact) mass is 319 g/mol. The molecule has 0 unspecified atom stereocenters. The number of hydrogen-bond donors (Lipinski definition) is 1. The van der Waals surface area contributed by atoms with Crippen molar-refractivity contribution in [2.75, 3.05) is 0 Å². The summed E-state index contributed by atoms with van der Waals surface area (Å²) in [5.41, 5.74) is 2.47. The predicted molar refractivity (Wildman–Crippen MR) is 76.8 cm³/mol. The zero-order valence-electron chi connectivity index (χ0n) is 10.8. The second-order valence-electron chi connectivity index (χ2n) is 4.26. The molecule has 1 heterocycles. The topological polar surface area (TPSA) is 54.9 Å². The number of hydrogen-bond acceptors (Lipinski definition) is 3. The van der Waals surface area contributed by atoms with Crippen molar-refractivity contribution in [1.82, 2.24) is 15.3 Å². The zero-order chi connectivity index (χ0) is 13.8. The van der Waals surface area contributed by atoms with Crippen molar-refractivity contribution in [3.8, 4) is 0 Å². The summed E-state index contributed by atoms with van der Waals surface area (Å²) in [7, 11) is 0. The molecule has 1 amide bonds. The number of halogens is 1. The van der Waals surface area contributed by atoms with E-state index in [9.17, 15) is 4.79 Å². The average molecular weight is 320 g/mol. The van der Waals surface area contributed by atoms with Gasteiger partial charge in [-0.1, -0.05) is 11.6 Å². The number of nitrogens with zero attached hydrogens (tertiary/aromatic N) is 2. The minimum atomic E-state index is -0.119. The Labute approximate surface area is 120 Å². The third kappa shape index (κ3) is 3.61. The van der Waals surface area contributed by atoms with E-state index in [1.807, 2.05) is 32.0 Å². The van der Waals surface area contributed by atoms with Crippen molar-refractivity contribution in [1.29, 1.82) is 0 Å². The lowest BCUT2D eigenvalue weighted by molar-refractivity contribution is 0.0949. The van der Waals surface area contributed by atoms with Gasteiger partial charge in [0, 0.05) is 10.7 Å². The molecule has 19 heavy (non-hydrogen) atoms. The molecule has 2 aromatic rings. The summed E-state index contributed by atoms with van der Waals surface area (Å²) in [6.45, 7) is 4.17. The molecule has 5 heteroatoms. The molecular weight excluding hydrogens is 306 g/mol. The lowest BCUT2D eigenvalue weighted by atomic mass is 10.1. The zero-order valence-corrected chi connectivity index (χ0v) is 12.4. The van der Waals surface area contributed by atoms with E-state index in [4.69, 9.17) is 0 Å². The highest BCUT2D eigenvalue weighted by Crippen LogP contribution is 2.18. The second-order valence-corrected chi connectivity index (χ2v) is 5.12. The van der Waals surface area contributed by atoms with Gasteiger partial charge in [-0.2, -0.15) is 0 Å². The van der Waals surface area contributed by atoms with Gasteiger partial charge >= 0.3 is 0 Å². The van der Waals surface area contributed by atoms with Gasteiger partial charge in [0.25, 0.3) is 5.91 Å². The predicted octanol–water partition coefficient (Wildman–Crippen LogP) is 2.79. The highest BCUT2D eigenvalue weighted by atomic mass is 79.9. The first-order valence-electron chi connectivity index (χ1n) is 5.89. The minimum absolute atomic E-state index is 0.119. The normalized spacial score (nSPS) is 10.3. The molecule has 0 aliphatic heterocycles. The fourth-order valence-electron chi connectivity index (χ4n) is 1.68. The summed E-state index contributed by atoms with van der Waals surface area (Å²) in [5.74, 6) is 0.579. The van der Waals surface area contributed by atoms with E-state index in [-0.39, 0.29) is 5.91 Å². The first kappa shape index (κ1) is 13.7. The number of rotatable bonds is 3.